The summed E-state index contributed by atoms with van der Waals surface area (Å²) in [6, 6.07) is 11.1. The third-order valence-electron chi connectivity index (χ3n) is 6.59. The predicted octanol–water partition coefficient (Wildman–Crippen LogP) is 4.15. The summed E-state index contributed by atoms with van der Waals surface area (Å²) in [5.74, 6) is -0.414. The standard InChI is InChI=1S/C27H38N4O3/c1-18(2)15-20(17-28)29-25(32)21-10-6-7-11-22(21)30-26(33)24-16-19-9-5-8-12-23(19)31(24)14-13-27(3,4)34/h5,8-9,12,16,18,20-22,34H,6-7,10-11,13-15H2,1-4H3,(H,29,32)(H,30,33)/t20-,21+,22-/m0/s1. The van der Waals surface area contributed by atoms with Crippen LogP contribution in [0.5, 0.6) is 0 Å². The van der Waals surface area contributed by atoms with E-state index in [1.54, 1.807) is 13.8 Å². The minimum absolute atomic E-state index is 0.153. The monoisotopic (exact) mass is 466 g/mol. The number of hydrogen-bond acceptors (Lipinski definition) is 4. The highest BCUT2D eigenvalue weighted by Crippen LogP contribution is 2.27. The van der Waals surface area contributed by atoms with Crippen LogP contribution in [0.25, 0.3) is 10.9 Å². The van der Waals surface area contributed by atoms with Crippen LogP contribution in [-0.2, 0) is 11.3 Å². The molecule has 0 spiro atoms. The summed E-state index contributed by atoms with van der Waals surface area (Å²) in [5, 5.41) is 26.7. The lowest BCUT2D eigenvalue weighted by Crippen LogP contribution is -2.50. The number of aryl methyl sites for hydroxylation is 1. The van der Waals surface area contributed by atoms with Crippen molar-refractivity contribution in [1.82, 2.24) is 15.2 Å². The fraction of sp³-hybridized carbons (Fsp3) is 0.593. The lowest BCUT2D eigenvalue weighted by molar-refractivity contribution is -0.127. The second-order valence-corrected chi connectivity index (χ2v) is 10.6. The van der Waals surface area contributed by atoms with Crippen molar-refractivity contribution in [3.05, 3.63) is 36.0 Å². The summed E-state index contributed by atoms with van der Waals surface area (Å²) < 4.78 is 1.95. The molecule has 34 heavy (non-hydrogen) atoms. The Hall–Kier alpha value is -2.85. The quantitative estimate of drug-likeness (QED) is 0.516. The van der Waals surface area contributed by atoms with Crippen molar-refractivity contribution in [3.8, 4) is 6.07 Å². The number of para-hydroxylation sites is 1. The van der Waals surface area contributed by atoms with Crippen molar-refractivity contribution in [2.75, 3.05) is 0 Å². The molecule has 0 radical (unpaired) electrons. The molecule has 0 unspecified atom stereocenters. The van der Waals surface area contributed by atoms with Crippen LogP contribution in [-0.4, -0.2) is 39.2 Å². The molecular weight excluding hydrogens is 428 g/mol. The van der Waals surface area contributed by atoms with E-state index in [9.17, 15) is 20.0 Å². The average molecular weight is 467 g/mol. The number of nitriles is 1. The van der Waals surface area contributed by atoms with Crippen LogP contribution in [0, 0.1) is 23.2 Å². The fourth-order valence-corrected chi connectivity index (χ4v) is 4.78. The molecule has 7 heteroatoms. The first-order chi connectivity index (χ1) is 16.1. The van der Waals surface area contributed by atoms with Gasteiger partial charge in [-0.2, -0.15) is 5.26 Å². The first-order valence-corrected chi connectivity index (χ1v) is 12.4. The first-order valence-electron chi connectivity index (χ1n) is 12.4. The van der Waals surface area contributed by atoms with E-state index in [1.165, 1.54) is 0 Å². The Morgan fingerprint density at radius 1 is 1.24 bits per heavy atom. The van der Waals surface area contributed by atoms with Gasteiger partial charge in [-0.1, -0.05) is 44.9 Å². The lowest BCUT2D eigenvalue weighted by Gasteiger charge is -2.32. The fourth-order valence-electron chi connectivity index (χ4n) is 4.78. The van der Waals surface area contributed by atoms with Crippen LogP contribution in [0.2, 0.25) is 0 Å². The van der Waals surface area contributed by atoms with Crippen molar-refractivity contribution in [2.24, 2.45) is 11.8 Å². The van der Waals surface area contributed by atoms with Gasteiger partial charge in [0, 0.05) is 23.5 Å². The molecule has 184 valence electrons. The summed E-state index contributed by atoms with van der Waals surface area (Å²) in [7, 11) is 0. The molecular formula is C27H38N4O3. The van der Waals surface area contributed by atoms with Crippen molar-refractivity contribution >= 4 is 22.7 Å². The molecule has 1 heterocycles. The van der Waals surface area contributed by atoms with Crippen LogP contribution >= 0.6 is 0 Å². The van der Waals surface area contributed by atoms with E-state index in [1.807, 2.05) is 48.7 Å². The largest absolute Gasteiger partial charge is 0.390 e. The van der Waals surface area contributed by atoms with Crippen molar-refractivity contribution in [3.63, 3.8) is 0 Å². The van der Waals surface area contributed by atoms with E-state index in [0.29, 0.717) is 37.4 Å². The molecule has 1 fully saturated rings. The molecule has 1 aromatic carbocycles. The highest BCUT2D eigenvalue weighted by molar-refractivity contribution is 5.99. The van der Waals surface area contributed by atoms with E-state index >= 15 is 0 Å². The highest BCUT2D eigenvalue weighted by Gasteiger charge is 2.34. The molecule has 1 aliphatic rings. The van der Waals surface area contributed by atoms with E-state index in [0.717, 1.165) is 30.2 Å². The number of aliphatic hydroxyl groups is 1. The van der Waals surface area contributed by atoms with Gasteiger partial charge in [-0.15, -0.1) is 0 Å². The summed E-state index contributed by atoms with van der Waals surface area (Å²) in [6.45, 7) is 8.08. The molecule has 1 saturated carbocycles. The zero-order chi connectivity index (χ0) is 24.9. The van der Waals surface area contributed by atoms with Crippen LogP contribution in [0.1, 0.15) is 76.7 Å². The van der Waals surface area contributed by atoms with Crippen LogP contribution in [0.3, 0.4) is 0 Å². The van der Waals surface area contributed by atoms with Crippen LogP contribution < -0.4 is 10.6 Å². The maximum Gasteiger partial charge on any atom is 0.268 e. The number of rotatable bonds is 9. The number of hydrogen-bond donors (Lipinski definition) is 3. The van der Waals surface area contributed by atoms with E-state index in [-0.39, 0.29) is 23.8 Å². The molecule has 3 N–H and O–H groups in total. The third-order valence-corrected chi connectivity index (χ3v) is 6.59. The molecule has 1 aromatic heterocycles. The zero-order valence-corrected chi connectivity index (χ0v) is 20.8. The van der Waals surface area contributed by atoms with Gasteiger partial charge < -0.3 is 20.3 Å². The minimum atomic E-state index is -0.848. The molecule has 3 atom stereocenters. The summed E-state index contributed by atoms with van der Waals surface area (Å²) in [5.41, 5.74) is 0.629. The molecule has 2 amide bonds. The van der Waals surface area contributed by atoms with Crippen molar-refractivity contribution in [2.45, 2.75) is 90.4 Å². The maximum atomic E-state index is 13.4. The van der Waals surface area contributed by atoms with E-state index < -0.39 is 11.6 Å². The number of aromatic nitrogens is 1. The zero-order valence-electron chi connectivity index (χ0n) is 20.8. The number of benzene rings is 1. The Morgan fingerprint density at radius 3 is 2.62 bits per heavy atom. The SMILES string of the molecule is CC(C)C[C@@H](C#N)NC(=O)[C@@H]1CCCC[C@@H]1NC(=O)c1cc2ccccc2n1CCC(C)(C)O. The highest BCUT2D eigenvalue weighted by atomic mass is 16.3. The van der Waals surface area contributed by atoms with Crippen molar-refractivity contribution < 1.29 is 14.7 Å². The Labute approximate surface area is 202 Å². The molecule has 7 nitrogen and oxygen atoms in total. The second-order valence-electron chi connectivity index (χ2n) is 10.6. The van der Waals surface area contributed by atoms with E-state index in [2.05, 4.69) is 16.7 Å². The Kier molecular flexibility index (Phi) is 8.37. The topological polar surface area (TPSA) is 107 Å². The molecule has 1 aliphatic carbocycles. The average Bonchev–Trinajstić information content (AvgIpc) is 3.15. The minimum Gasteiger partial charge on any atom is -0.390 e. The van der Waals surface area contributed by atoms with Gasteiger partial charge in [0.15, 0.2) is 0 Å². The van der Waals surface area contributed by atoms with Gasteiger partial charge in [-0.05, 0) is 57.6 Å². The predicted molar refractivity (Wildman–Crippen MR) is 133 cm³/mol. The molecule has 0 saturated heterocycles. The number of amides is 2. The summed E-state index contributed by atoms with van der Waals surface area (Å²) in [4.78, 5) is 26.5. The van der Waals surface area contributed by atoms with Crippen LogP contribution in [0.15, 0.2) is 30.3 Å². The van der Waals surface area contributed by atoms with E-state index in [4.69, 9.17) is 0 Å². The number of nitrogens with one attached hydrogen (secondary N) is 2. The number of fused-ring (bicyclic) bond motifs is 1. The Morgan fingerprint density at radius 2 is 1.94 bits per heavy atom. The lowest BCUT2D eigenvalue weighted by atomic mass is 9.83. The second kappa shape index (κ2) is 11.1. The maximum absolute atomic E-state index is 13.4. The first kappa shape index (κ1) is 25.8. The third kappa shape index (κ3) is 6.60. The normalized spacial score (nSPS) is 19.6. The van der Waals surface area contributed by atoms with Gasteiger partial charge in [0.2, 0.25) is 5.91 Å². The molecule has 3 rings (SSSR count). The Bertz CT molecular complexity index is 1040. The van der Waals surface area contributed by atoms with Gasteiger partial charge in [-0.25, -0.2) is 0 Å². The van der Waals surface area contributed by atoms with Gasteiger partial charge in [0.25, 0.3) is 5.91 Å². The van der Waals surface area contributed by atoms with Crippen molar-refractivity contribution in [1.29, 1.82) is 5.26 Å². The van der Waals surface area contributed by atoms with Gasteiger partial charge in [-0.3, -0.25) is 9.59 Å². The van der Waals surface area contributed by atoms with Gasteiger partial charge >= 0.3 is 0 Å². The summed E-state index contributed by atoms with van der Waals surface area (Å²) in [6.07, 6.45) is 4.41. The summed E-state index contributed by atoms with van der Waals surface area (Å²) >= 11 is 0. The molecule has 0 bridgehead atoms. The smallest absolute Gasteiger partial charge is 0.268 e. The van der Waals surface area contributed by atoms with Gasteiger partial charge in [0.05, 0.1) is 17.6 Å². The van der Waals surface area contributed by atoms with Crippen LogP contribution in [0.4, 0.5) is 0 Å². The number of carbonyl (C=O) groups is 2. The molecule has 2 aromatic rings. The molecule has 0 aliphatic heterocycles. The number of carbonyl (C=O) groups excluding carboxylic acids is 2. The van der Waals surface area contributed by atoms with Gasteiger partial charge in [0.1, 0.15) is 11.7 Å². The number of nitrogens with zero attached hydrogens (tertiary/aromatic N) is 2. The Balaban J connectivity index is 1.79.